The molecule has 0 saturated carbocycles. The number of carboxylic acids is 1. The second kappa shape index (κ2) is 16.7. The molecular formula is C28H43N9O6. The number of hydrogen-bond acceptors (Lipinski definition) is 7. The minimum absolute atomic E-state index is 0.00866. The highest BCUT2D eigenvalue weighted by molar-refractivity contribution is 5.95. The Balaban J connectivity index is 2.31. The van der Waals surface area contributed by atoms with Crippen LogP contribution in [-0.4, -0.2) is 76.4 Å². The molecule has 4 atom stereocenters. The van der Waals surface area contributed by atoms with Crippen LogP contribution in [0.15, 0.2) is 35.5 Å². The van der Waals surface area contributed by atoms with Crippen molar-refractivity contribution in [3.05, 3.63) is 36.0 Å². The third-order valence-electron chi connectivity index (χ3n) is 6.67. The molecule has 0 aliphatic heterocycles. The molecule has 1 aromatic carbocycles. The van der Waals surface area contributed by atoms with Gasteiger partial charge in [-0.2, -0.15) is 0 Å². The molecule has 0 spiro atoms. The normalized spacial score (nSPS) is 13.9. The maximum Gasteiger partial charge on any atom is 0.326 e. The lowest BCUT2D eigenvalue weighted by atomic mass is 10.0. The number of aliphatic carboxylic acids is 1. The van der Waals surface area contributed by atoms with Gasteiger partial charge in [0.15, 0.2) is 5.96 Å². The number of guanidine groups is 1. The Morgan fingerprint density at radius 2 is 1.53 bits per heavy atom. The maximum atomic E-state index is 13.5. The van der Waals surface area contributed by atoms with Gasteiger partial charge in [-0.3, -0.25) is 24.2 Å². The van der Waals surface area contributed by atoms with Crippen LogP contribution in [-0.2, 0) is 30.4 Å². The molecule has 2 aromatic rings. The molecule has 1 heterocycles. The van der Waals surface area contributed by atoms with E-state index in [1.54, 1.807) is 6.20 Å². The molecule has 15 heteroatoms. The molecule has 4 unspecified atom stereocenters. The largest absolute Gasteiger partial charge is 0.480 e. The number of H-pyrrole nitrogens is 1. The molecule has 15 nitrogen and oxygen atoms in total. The zero-order valence-electron chi connectivity index (χ0n) is 24.5. The van der Waals surface area contributed by atoms with Crippen LogP contribution in [0.5, 0.6) is 0 Å². The predicted octanol–water partition coefficient (Wildman–Crippen LogP) is -1.06. The van der Waals surface area contributed by atoms with E-state index in [-0.39, 0.29) is 50.5 Å². The Kier molecular flexibility index (Phi) is 13.4. The fourth-order valence-electron chi connectivity index (χ4n) is 4.48. The minimum Gasteiger partial charge on any atom is -0.480 e. The van der Waals surface area contributed by atoms with Gasteiger partial charge in [0.2, 0.25) is 23.6 Å². The van der Waals surface area contributed by atoms with Crippen molar-refractivity contribution in [1.82, 2.24) is 20.9 Å². The Bertz CT molecular complexity index is 1300. The highest BCUT2D eigenvalue weighted by Crippen LogP contribution is 2.19. The van der Waals surface area contributed by atoms with Crippen LogP contribution < -0.4 is 38.9 Å². The number of nitrogens with one attached hydrogen (secondary N) is 4. The molecule has 43 heavy (non-hydrogen) atoms. The first-order chi connectivity index (χ1) is 20.3. The number of hydrogen-bond donors (Lipinski definition) is 9. The number of aliphatic imine (C=N–C) groups is 1. The number of fused-ring (bicyclic) bond motifs is 1. The van der Waals surface area contributed by atoms with Crippen molar-refractivity contribution in [3.8, 4) is 0 Å². The van der Waals surface area contributed by atoms with Crippen molar-refractivity contribution < 1.29 is 29.1 Å². The van der Waals surface area contributed by atoms with Gasteiger partial charge >= 0.3 is 5.97 Å². The number of primary amides is 1. The molecule has 2 rings (SSSR count). The number of aromatic amines is 1. The summed E-state index contributed by atoms with van der Waals surface area (Å²) >= 11 is 0. The fraction of sp³-hybridized carbons (Fsp3) is 0.500. The molecule has 0 radical (unpaired) electrons. The average Bonchev–Trinajstić information content (AvgIpc) is 3.33. The molecule has 236 valence electrons. The van der Waals surface area contributed by atoms with Gasteiger partial charge in [0, 0.05) is 36.5 Å². The first-order valence-corrected chi connectivity index (χ1v) is 14.1. The van der Waals surface area contributed by atoms with Crippen molar-refractivity contribution >= 4 is 46.5 Å². The summed E-state index contributed by atoms with van der Waals surface area (Å²) in [5.41, 5.74) is 23.4. The summed E-state index contributed by atoms with van der Waals surface area (Å²) in [5.74, 6) is -4.10. The predicted molar refractivity (Wildman–Crippen MR) is 161 cm³/mol. The number of carbonyl (C=O) groups is 5. The van der Waals surface area contributed by atoms with Crippen molar-refractivity contribution in [1.29, 1.82) is 0 Å². The average molecular weight is 602 g/mol. The SMILES string of the molecule is CC(C)CC(N)C(=O)NC(CCC(N)=O)C(=O)NC(Cc1c[nH]c2ccccc12)C(=O)NC(CCCN=C(N)N)C(=O)O. The number of nitrogens with zero attached hydrogens (tertiary/aromatic N) is 1. The number of aromatic nitrogens is 1. The third kappa shape index (κ3) is 11.6. The van der Waals surface area contributed by atoms with E-state index in [2.05, 4.69) is 25.9 Å². The van der Waals surface area contributed by atoms with Gasteiger partial charge in [-0.1, -0.05) is 32.0 Å². The van der Waals surface area contributed by atoms with Gasteiger partial charge in [0.05, 0.1) is 6.04 Å². The highest BCUT2D eigenvalue weighted by Gasteiger charge is 2.31. The standard InChI is InChI=1S/C28H43N9O6/c1-15(2)12-18(29)24(39)35-20(9-10-23(30)38)25(40)37-22(13-16-14-34-19-7-4-3-6-17(16)19)26(41)36-21(27(42)43)8-5-11-33-28(31)32/h3-4,6-7,14-15,18,20-22,34H,5,8-13,29H2,1-2H3,(H2,30,38)(H,35,39)(H,36,41)(H,37,40)(H,42,43)(H4,31,32,33). The first kappa shape index (κ1) is 34.5. The quantitative estimate of drug-likeness (QED) is 0.0571. The van der Waals surface area contributed by atoms with E-state index < -0.39 is 53.8 Å². The summed E-state index contributed by atoms with van der Waals surface area (Å²) in [7, 11) is 0. The third-order valence-corrected chi connectivity index (χ3v) is 6.67. The number of carboxylic acid groups (broad SMARTS) is 1. The van der Waals surface area contributed by atoms with E-state index in [9.17, 15) is 29.1 Å². The fourth-order valence-corrected chi connectivity index (χ4v) is 4.48. The van der Waals surface area contributed by atoms with Crippen LogP contribution in [0.3, 0.4) is 0 Å². The van der Waals surface area contributed by atoms with Crippen molar-refractivity contribution in [2.45, 2.75) is 76.5 Å². The van der Waals surface area contributed by atoms with E-state index in [1.165, 1.54) is 0 Å². The van der Waals surface area contributed by atoms with E-state index in [0.717, 1.165) is 10.9 Å². The Morgan fingerprint density at radius 3 is 2.16 bits per heavy atom. The first-order valence-electron chi connectivity index (χ1n) is 14.1. The van der Waals surface area contributed by atoms with E-state index in [1.807, 2.05) is 38.1 Å². The van der Waals surface area contributed by atoms with Crippen molar-refractivity contribution in [2.75, 3.05) is 6.54 Å². The van der Waals surface area contributed by atoms with E-state index >= 15 is 0 Å². The number of amides is 4. The van der Waals surface area contributed by atoms with Crippen LogP contribution in [0.4, 0.5) is 0 Å². The lowest BCUT2D eigenvalue weighted by molar-refractivity contribution is -0.142. The van der Waals surface area contributed by atoms with Crippen LogP contribution in [0.1, 0.15) is 51.5 Å². The number of rotatable bonds is 18. The van der Waals surface area contributed by atoms with Gasteiger partial charge in [-0.15, -0.1) is 0 Å². The second-order valence-electron chi connectivity index (χ2n) is 10.8. The zero-order valence-corrected chi connectivity index (χ0v) is 24.5. The summed E-state index contributed by atoms with van der Waals surface area (Å²) in [5, 5.41) is 18.2. The lowest BCUT2D eigenvalue weighted by Gasteiger charge is -2.25. The van der Waals surface area contributed by atoms with Crippen LogP contribution >= 0.6 is 0 Å². The summed E-state index contributed by atoms with van der Waals surface area (Å²) < 4.78 is 0. The topological polar surface area (TPSA) is 274 Å². The van der Waals surface area contributed by atoms with Gasteiger partial charge in [-0.05, 0) is 43.2 Å². The molecule has 4 amide bonds. The van der Waals surface area contributed by atoms with Gasteiger partial charge in [0.25, 0.3) is 0 Å². The molecule has 0 fully saturated rings. The van der Waals surface area contributed by atoms with Gasteiger partial charge in [-0.25, -0.2) is 4.79 Å². The molecule has 0 aliphatic rings. The number of carbonyl (C=O) groups excluding carboxylic acids is 4. The highest BCUT2D eigenvalue weighted by atomic mass is 16.4. The minimum atomic E-state index is -1.29. The lowest BCUT2D eigenvalue weighted by Crippen LogP contribution is -2.57. The molecule has 0 aliphatic carbocycles. The van der Waals surface area contributed by atoms with E-state index in [0.29, 0.717) is 12.0 Å². The Hall–Kier alpha value is -4.66. The molecule has 13 N–H and O–H groups in total. The smallest absolute Gasteiger partial charge is 0.326 e. The molecule has 1 aromatic heterocycles. The van der Waals surface area contributed by atoms with Gasteiger partial charge < -0.3 is 49.0 Å². The number of nitrogens with two attached hydrogens (primary N) is 4. The van der Waals surface area contributed by atoms with Crippen LogP contribution in [0, 0.1) is 5.92 Å². The number of benzene rings is 1. The van der Waals surface area contributed by atoms with Crippen LogP contribution in [0.25, 0.3) is 10.9 Å². The molecular weight excluding hydrogens is 558 g/mol. The molecule has 0 saturated heterocycles. The van der Waals surface area contributed by atoms with Crippen LogP contribution in [0.2, 0.25) is 0 Å². The summed E-state index contributed by atoms with van der Waals surface area (Å²) in [6, 6.07) is 2.68. The summed E-state index contributed by atoms with van der Waals surface area (Å²) in [4.78, 5) is 70.0. The van der Waals surface area contributed by atoms with Gasteiger partial charge in [0.1, 0.15) is 18.1 Å². The maximum absolute atomic E-state index is 13.5. The Labute approximate surface area is 249 Å². The van der Waals surface area contributed by atoms with Crippen molar-refractivity contribution in [2.24, 2.45) is 33.8 Å². The summed E-state index contributed by atoms with van der Waals surface area (Å²) in [6.45, 7) is 3.95. The zero-order chi connectivity index (χ0) is 32.1. The molecule has 0 bridgehead atoms. The second-order valence-corrected chi connectivity index (χ2v) is 10.8. The van der Waals surface area contributed by atoms with Crippen molar-refractivity contribution in [3.63, 3.8) is 0 Å². The van der Waals surface area contributed by atoms with E-state index in [4.69, 9.17) is 22.9 Å². The monoisotopic (exact) mass is 601 g/mol. The Morgan fingerprint density at radius 1 is 0.907 bits per heavy atom. The summed E-state index contributed by atoms with van der Waals surface area (Å²) in [6.07, 6.45) is 1.99. The number of para-hydroxylation sites is 1.